The Balaban J connectivity index is 0. The Morgan fingerprint density at radius 2 is 1.64 bits per heavy atom. The second-order valence-electron chi connectivity index (χ2n) is 2.18. The SMILES string of the molecule is O=C([O-])C(=O)C(=O)[C@H](O)[C@@H](O)CO.[Na+]. The van der Waals surface area contributed by atoms with Crippen LogP contribution in [0.25, 0.3) is 0 Å². The summed E-state index contributed by atoms with van der Waals surface area (Å²) in [6, 6.07) is 0. The molecule has 2 atom stereocenters. The Hall–Kier alpha value is -0.310. The standard InChI is InChI=1S/C6H8O7.Na/c7-1-2(8)3(9)4(10)5(11)6(12)13;/h2-3,7-9H,1H2,(H,12,13);/q;+1/p-1/t2-,3+;/m0./s1. The van der Waals surface area contributed by atoms with Crippen LogP contribution in [0.4, 0.5) is 0 Å². The van der Waals surface area contributed by atoms with Gasteiger partial charge in [-0.1, -0.05) is 0 Å². The van der Waals surface area contributed by atoms with Crippen LogP contribution in [0.5, 0.6) is 0 Å². The summed E-state index contributed by atoms with van der Waals surface area (Å²) in [5.74, 6) is -5.93. The Morgan fingerprint density at radius 3 is 1.93 bits per heavy atom. The van der Waals surface area contributed by atoms with Crippen molar-refractivity contribution in [2.75, 3.05) is 6.61 Å². The van der Waals surface area contributed by atoms with Crippen LogP contribution < -0.4 is 34.7 Å². The fraction of sp³-hybridized carbons (Fsp3) is 0.500. The topological polar surface area (TPSA) is 135 Å². The summed E-state index contributed by atoms with van der Waals surface area (Å²) >= 11 is 0. The van der Waals surface area contributed by atoms with E-state index in [0.29, 0.717) is 0 Å². The van der Waals surface area contributed by atoms with E-state index in [9.17, 15) is 19.5 Å². The Morgan fingerprint density at radius 1 is 1.21 bits per heavy atom. The third-order valence-electron chi connectivity index (χ3n) is 1.23. The molecule has 0 fully saturated rings. The van der Waals surface area contributed by atoms with Crippen molar-refractivity contribution < 1.29 is 64.4 Å². The molecule has 0 aromatic rings. The molecule has 0 amide bonds. The van der Waals surface area contributed by atoms with Gasteiger partial charge in [-0.2, -0.15) is 0 Å². The molecule has 3 N–H and O–H groups in total. The second-order valence-corrected chi connectivity index (χ2v) is 2.18. The molecule has 0 aliphatic carbocycles. The van der Waals surface area contributed by atoms with Crippen molar-refractivity contribution in [2.24, 2.45) is 0 Å². The van der Waals surface area contributed by atoms with Crippen LogP contribution in [0.3, 0.4) is 0 Å². The Labute approximate surface area is 101 Å². The molecule has 7 nitrogen and oxygen atoms in total. The van der Waals surface area contributed by atoms with E-state index in [0.717, 1.165) is 0 Å². The maximum atomic E-state index is 10.6. The number of carbonyl (C=O) groups is 3. The molecular formula is C6H7NaO7. The van der Waals surface area contributed by atoms with E-state index in [1.54, 1.807) is 0 Å². The van der Waals surface area contributed by atoms with Crippen LogP contribution in [-0.4, -0.2) is 51.7 Å². The van der Waals surface area contributed by atoms with Gasteiger partial charge in [-0.25, -0.2) is 0 Å². The van der Waals surface area contributed by atoms with E-state index in [1.807, 2.05) is 0 Å². The summed E-state index contributed by atoms with van der Waals surface area (Å²) in [5, 5.41) is 35.4. The first kappa shape index (κ1) is 16.1. The molecule has 74 valence electrons. The second kappa shape index (κ2) is 7.04. The summed E-state index contributed by atoms with van der Waals surface area (Å²) in [4.78, 5) is 30.8. The molecule has 14 heavy (non-hydrogen) atoms. The number of carbonyl (C=O) groups excluding carboxylic acids is 3. The number of aliphatic hydroxyl groups is 3. The van der Waals surface area contributed by atoms with Gasteiger partial charge in [-0.15, -0.1) is 0 Å². The van der Waals surface area contributed by atoms with Gasteiger partial charge in [0.2, 0.25) is 11.6 Å². The van der Waals surface area contributed by atoms with Crippen molar-refractivity contribution in [2.45, 2.75) is 12.2 Å². The first-order valence-corrected chi connectivity index (χ1v) is 3.18. The van der Waals surface area contributed by atoms with Gasteiger partial charge >= 0.3 is 29.6 Å². The van der Waals surface area contributed by atoms with Crippen LogP contribution in [0.15, 0.2) is 0 Å². The minimum absolute atomic E-state index is 0. The van der Waals surface area contributed by atoms with Gasteiger partial charge in [0.25, 0.3) is 0 Å². The number of aliphatic hydroxyl groups excluding tert-OH is 3. The van der Waals surface area contributed by atoms with E-state index >= 15 is 0 Å². The van der Waals surface area contributed by atoms with E-state index < -0.39 is 36.4 Å². The van der Waals surface area contributed by atoms with Gasteiger partial charge in [-0.3, -0.25) is 9.59 Å². The molecule has 0 saturated heterocycles. The minimum atomic E-state index is -2.27. The molecule has 0 aliphatic heterocycles. The van der Waals surface area contributed by atoms with Crippen molar-refractivity contribution >= 4 is 17.5 Å². The smallest absolute Gasteiger partial charge is 0.541 e. The summed E-state index contributed by atoms with van der Waals surface area (Å²) in [6.07, 6.45) is -4.12. The quantitative estimate of drug-likeness (QED) is 0.235. The summed E-state index contributed by atoms with van der Waals surface area (Å²) in [6.45, 7) is -0.965. The Bertz CT molecular complexity index is 238. The van der Waals surface area contributed by atoms with E-state index in [4.69, 9.17) is 15.3 Å². The molecule has 0 saturated carbocycles. The molecule has 0 unspecified atom stereocenters. The summed E-state index contributed by atoms with van der Waals surface area (Å²) < 4.78 is 0. The van der Waals surface area contributed by atoms with E-state index in [2.05, 4.69) is 0 Å². The van der Waals surface area contributed by atoms with Crippen molar-refractivity contribution in [3.8, 4) is 0 Å². The number of Topliss-reactive ketones (excluding diaryl/α,β-unsaturated/α-hetero) is 2. The van der Waals surface area contributed by atoms with Crippen molar-refractivity contribution in [1.82, 2.24) is 0 Å². The van der Waals surface area contributed by atoms with Crippen LogP contribution in [-0.2, 0) is 14.4 Å². The van der Waals surface area contributed by atoms with Gasteiger partial charge in [-0.05, 0) is 0 Å². The van der Waals surface area contributed by atoms with E-state index in [1.165, 1.54) is 0 Å². The van der Waals surface area contributed by atoms with Gasteiger partial charge in [0.15, 0.2) is 0 Å². The number of ketones is 2. The summed E-state index contributed by atoms with van der Waals surface area (Å²) in [7, 11) is 0. The maximum Gasteiger partial charge on any atom is 1.00 e. The third kappa shape index (κ3) is 4.27. The fourth-order valence-corrected chi connectivity index (χ4v) is 0.509. The monoisotopic (exact) mass is 214 g/mol. The molecule has 0 radical (unpaired) electrons. The molecule has 0 bridgehead atoms. The number of aliphatic carboxylic acids is 1. The predicted octanol–water partition coefficient (Wildman–Crippen LogP) is -7.41. The van der Waals surface area contributed by atoms with Gasteiger partial charge in [0.05, 0.1) is 6.61 Å². The zero-order chi connectivity index (χ0) is 10.6. The minimum Gasteiger partial charge on any atom is -0.541 e. The average Bonchev–Trinajstić information content (AvgIpc) is 2.12. The average molecular weight is 214 g/mol. The predicted molar refractivity (Wildman–Crippen MR) is 34.1 cm³/mol. The van der Waals surface area contributed by atoms with E-state index in [-0.39, 0.29) is 29.6 Å². The van der Waals surface area contributed by atoms with Crippen LogP contribution in [0.2, 0.25) is 0 Å². The number of hydrogen-bond donors (Lipinski definition) is 3. The largest absolute Gasteiger partial charge is 1.00 e. The van der Waals surface area contributed by atoms with Crippen molar-refractivity contribution in [3.05, 3.63) is 0 Å². The van der Waals surface area contributed by atoms with Crippen LogP contribution in [0.1, 0.15) is 0 Å². The van der Waals surface area contributed by atoms with Crippen molar-refractivity contribution in [3.63, 3.8) is 0 Å². The van der Waals surface area contributed by atoms with Crippen molar-refractivity contribution in [1.29, 1.82) is 0 Å². The summed E-state index contributed by atoms with van der Waals surface area (Å²) in [5.41, 5.74) is 0. The molecule has 0 aliphatic rings. The fourth-order valence-electron chi connectivity index (χ4n) is 0.509. The molecule has 0 aromatic heterocycles. The molecular weight excluding hydrogens is 207 g/mol. The first-order valence-electron chi connectivity index (χ1n) is 3.18. The zero-order valence-corrected chi connectivity index (χ0v) is 9.34. The number of hydrogen-bond acceptors (Lipinski definition) is 7. The number of rotatable bonds is 5. The first-order chi connectivity index (χ1) is 5.91. The molecule has 0 spiro atoms. The van der Waals surface area contributed by atoms with Gasteiger partial charge in [0, 0.05) is 0 Å². The molecule has 8 heteroatoms. The van der Waals surface area contributed by atoms with Crippen LogP contribution in [0, 0.1) is 0 Å². The third-order valence-corrected chi connectivity index (χ3v) is 1.23. The Kier molecular flexibility index (Phi) is 8.12. The number of carboxylic acids is 1. The molecule has 0 rings (SSSR count). The van der Waals surface area contributed by atoms with Crippen LogP contribution >= 0.6 is 0 Å². The van der Waals surface area contributed by atoms with Gasteiger partial charge < -0.3 is 25.2 Å². The molecule has 0 aromatic carbocycles. The number of carboxylic acid groups (broad SMARTS) is 1. The zero-order valence-electron chi connectivity index (χ0n) is 7.34. The maximum absolute atomic E-state index is 10.6. The normalized spacial score (nSPS) is 13.6. The van der Waals surface area contributed by atoms with Gasteiger partial charge in [0.1, 0.15) is 18.2 Å². The molecule has 0 heterocycles.